The number of rotatable bonds is 4. The van der Waals surface area contributed by atoms with Crippen molar-refractivity contribution in [1.29, 1.82) is 0 Å². The molecular weight excluding hydrogens is 380 g/mol. The van der Waals surface area contributed by atoms with E-state index in [0.717, 1.165) is 0 Å². The number of amides is 2. The minimum absolute atomic E-state index is 0.0414. The van der Waals surface area contributed by atoms with Crippen molar-refractivity contribution in [2.24, 2.45) is 0 Å². The Morgan fingerprint density at radius 1 is 1.17 bits per heavy atom. The number of hydrogen-bond donors (Lipinski definition) is 4. The monoisotopic (exact) mass is 394 g/mol. The number of benzene rings is 2. The predicted molar refractivity (Wildman–Crippen MR) is 101 cm³/mol. The first-order chi connectivity index (χ1) is 13.9. The van der Waals surface area contributed by atoms with E-state index in [-0.39, 0.29) is 41.3 Å². The average molecular weight is 394 g/mol. The lowest BCUT2D eigenvalue weighted by atomic mass is 10.1. The number of aromatic carboxylic acids is 1. The first-order valence-corrected chi connectivity index (χ1v) is 8.52. The van der Waals surface area contributed by atoms with E-state index in [4.69, 9.17) is 9.84 Å². The third-order valence-electron chi connectivity index (χ3n) is 4.30. The number of carboxylic acid groups (broad SMARTS) is 1. The van der Waals surface area contributed by atoms with Gasteiger partial charge in [-0.3, -0.25) is 14.4 Å². The number of hydrogen-bond acceptors (Lipinski definition) is 6. The van der Waals surface area contributed by atoms with Crippen LogP contribution in [0, 0.1) is 0 Å². The Kier molecular flexibility index (Phi) is 4.43. The van der Waals surface area contributed by atoms with Crippen LogP contribution in [-0.2, 0) is 11.3 Å². The summed E-state index contributed by atoms with van der Waals surface area (Å²) in [5.74, 6) is -1.77. The molecule has 3 aromatic rings. The van der Waals surface area contributed by atoms with Crippen molar-refractivity contribution in [1.82, 2.24) is 15.3 Å². The molecule has 0 fully saturated rings. The fourth-order valence-electron chi connectivity index (χ4n) is 2.89. The molecule has 4 rings (SSSR count). The predicted octanol–water partition coefficient (Wildman–Crippen LogP) is 0.882. The first-order valence-electron chi connectivity index (χ1n) is 8.52. The summed E-state index contributed by atoms with van der Waals surface area (Å²) in [6.07, 6.45) is 0. The zero-order valence-electron chi connectivity index (χ0n) is 14.8. The summed E-state index contributed by atoms with van der Waals surface area (Å²) in [5, 5.41) is 14.6. The molecule has 0 bridgehead atoms. The zero-order valence-corrected chi connectivity index (χ0v) is 14.8. The van der Waals surface area contributed by atoms with Crippen LogP contribution in [0.4, 0.5) is 5.69 Å². The normalized spacial score (nSPS) is 12.6. The minimum Gasteiger partial charge on any atom is -0.482 e. The van der Waals surface area contributed by atoms with Crippen LogP contribution in [0.3, 0.4) is 0 Å². The molecule has 2 aromatic carbocycles. The standard InChI is InChI=1S/C19H14N4O6/c24-15-8-29-14-4-1-9(5-13(14)21-15)7-20-18(26)16-22-12-6-10(19(27)28)2-3-11(12)17(25)23-16/h1-6H,7-8H2,(H,20,26)(H,21,24)(H,27,28)(H,22,23,25). The van der Waals surface area contributed by atoms with Gasteiger partial charge < -0.3 is 25.5 Å². The molecule has 0 atom stereocenters. The molecule has 10 nitrogen and oxygen atoms in total. The highest BCUT2D eigenvalue weighted by atomic mass is 16.5. The molecule has 1 aliphatic heterocycles. The van der Waals surface area contributed by atoms with Gasteiger partial charge in [-0.05, 0) is 35.9 Å². The topological polar surface area (TPSA) is 150 Å². The number of carbonyl (C=O) groups is 3. The van der Waals surface area contributed by atoms with E-state index >= 15 is 0 Å². The SMILES string of the molecule is O=C1COc2ccc(CNC(=O)c3nc4cc(C(=O)O)ccc4c(=O)[nH]3)cc2N1. The molecule has 0 saturated heterocycles. The van der Waals surface area contributed by atoms with Gasteiger partial charge in [-0.15, -0.1) is 0 Å². The fourth-order valence-corrected chi connectivity index (χ4v) is 2.89. The molecule has 0 radical (unpaired) electrons. The molecule has 0 saturated carbocycles. The first kappa shape index (κ1) is 18.2. The van der Waals surface area contributed by atoms with Crippen molar-refractivity contribution in [3.8, 4) is 5.75 Å². The lowest BCUT2D eigenvalue weighted by molar-refractivity contribution is -0.118. The fraction of sp³-hybridized carbons (Fsp3) is 0.105. The Bertz CT molecular complexity index is 1230. The van der Waals surface area contributed by atoms with Gasteiger partial charge in [-0.1, -0.05) is 6.07 Å². The molecule has 10 heteroatoms. The maximum atomic E-state index is 12.4. The van der Waals surface area contributed by atoms with Crippen LogP contribution in [0.2, 0.25) is 0 Å². The number of ether oxygens (including phenoxy) is 1. The Balaban J connectivity index is 1.55. The minimum atomic E-state index is -1.16. The van der Waals surface area contributed by atoms with Gasteiger partial charge in [0.05, 0.1) is 22.2 Å². The van der Waals surface area contributed by atoms with E-state index in [2.05, 4.69) is 20.6 Å². The lowest BCUT2D eigenvalue weighted by Gasteiger charge is -2.18. The van der Waals surface area contributed by atoms with E-state index in [0.29, 0.717) is 17.0 Å². The van der Waals surface area contributed by atoms with Crippen molar-refractivity contribution in [2.75, 3.05) is 11.9 Å². The molecule has 4 N–H and O–H groups in total. The molecule has 2 heterocycles. The van der Waals surface area contributed by atoms with E-state index in [9.17, 15) is 19.2 Å². The van der Waals surface area contributed by atoms with Crippen LogP contribution < -0.4 is 20.9 Å². The van der Waals surface area contributed by atoms with Crippen LogP contribution >= 0.6 is 0 Å². The molecule has 2 amide bonds. The molecule has 146 valence electrons. The molecule has 0 unspecified atom stereocenters. The second kappa shape index (κ2) is 7.08. The number of nitrogens with zero attached hydrogens (tertiary/aromatic N) is 1. The van der Waals surface area contributed by atoms with Crippen molar-refractivity contribution in [3.05, 3.63) is 63.7 Å². The van der Waals surface area contributed by atoms with Gasteiger partial charge >= 0.3 is 5.97 Å². The van der Waals surface area contributed by atoms with Crippen LogP contribution in [0.1, 0.15) is 26.5 Å². The number of fused-ring (bicyclic) bond motifs is 2. The molecule has 1 aromatic heterocycles. The summed E-state index contributed by atoms with van der Waals surface area (Å²) in [6, 6.07) is 8.94. The molecular formula is C19H14N4O6. The maximum absolute atomic E-state index is 12.4. The van der Waals surface area contributed by atoms with E-state index in [1.165, 1.54) is 18.2 Å². The molecule has 0 spiro atoms. The van der Waals surface area contributed by atoms with E-state index < -0.39 is 17.4 Å². The average Bonchev–Trinajstić information content (AvgIpc) is 2.71. The van der Waals surface area contributed by atoms with Crippen molar-refractivity contribution in [2.45, 2.75) is 6.54 Å². The van der Waals surface area contributed by atoms with Crippen LogP contribution in [-0.4, -0.2) is 39.5 Å². The van der Waals surface area contributed by atoms with Gasteiger partial charge in [0, 0.05) is 6.54 Å². The Hall–Kier alpha value is -4.21. The van der Waals surface area contributed by atoms with Crippen molar-refractivity contribution >= 4 is 34.4 Å². The van der Waals surface area contributed by atoms with Gasteiger partial charge in [0.1, 0.15) is 5.75 Å². The smallest absolute Gasteiger partial charge is 0.335 e. The summed E-state index contributed by atoms with van der Waals surface area (Å²) in [7, 11) is 0. The number of H-pyrrole nitrogens is 1. The van der Waals surface area contributed by atoms with Gasteiger partial charge in [-0.25, -0.2) is 9.78 Å². The Labute approximate surface area is 162 Å². The third-order valence-corrected chi connectivity index (χ3v) is 4.30. The van der Waals surface area contributed by atoms with Crippen LogP contribution in [0.15, 0.2) is 41.2 Å². The maximum Gasteiger partial charge on any atom is 0.335 e. The molecule has 1 aliphatic rings. The van der Waals surface area contributed by atoms with Gasteiger partial charge in [0.25, 0.3) is 17.4 Å². The quantitative estimate of drug-likeness (QED) is 0.513. The third kappa shape index (κ3) is 3.63. The van der Waals surface area contributed by atoms with E-state index in [1.54, 1.807) is 18.2 Å². The number of anilines is 1. The highest BCUT2D eigenvalue weighted by Gasteiger charge is 2.17. The molecule has 0 aliphatic carbocycles. The highest BCUT2D eigenvalue weighted by Crippen LogP contribution is 2.28. The van der Waals surface area contributed by atoms with E-state index in [1.807, 2.05) is 0 Å². The van der Waals surface area contributed by atoms with Gasteiger partial charge in [-0.2, -0.15) is 0 Å². The zero-order chi connectivity index (χ0) is 20.5. The number of carboxylic acids is 1. The van der Waals surface area contributed by atoms with Crippen molar-refractivity contribution < 1.29 is 24.2 Å². The van der Waals surface area contributed by atoms with Crippen LogP contribution in [0.25, 0.3) is 10.9 Å². The van der Waals surface area contributed by atoms with Gasteiger partial charge in [0.2, 0.25) is 0 Å². The Morgan fingerprint density at radius 3 is 2.79 bits per heavy atom. The van der Waals surface area contributed by atoms with Crippen molar-refractivity contribution in [3.63, 3.8) is 0 Å². The Morgan fingerprint density at radius 2 is 2.00 bits per heavy atom. The van der Waals surface area contributed by atoms with Crippen LogP contribution in [0.5, 0.6) is 5.75 Å². The summed E-state index contributed by atoms with van der Waals surface area (Å²) < 4.78 is 5.28. The summed E-state index contributed by atoms with van der Waals surface area (Å²) in [5.41, 5.74) is 0.712. The largest absolute Gasteiger partial charge is 0.482 e. The summed E-state index contributed by atoms with van der Waals surface area (Å²) in [4.78, 5) is 53.6. The highest BCUT2D eigenvalue weighted by molar-refractivity contribution is 5.96. The van der Waals surface area contributed by atoms with Gasteiger partial charge in [0.15, 0.2) is 12.4 Å². The number of aromatic nitrogens is 2. The number of carbonyl (C=O) groups excluding carboxylic acids is 2. The summed E-state index contributed by atoms with van der Waals surface area (Å²) in [6.45, 7) is 0.0621. The second-order valence-electron chi connectivity index (χ2n) is 6.30. The lowest BCUT2D eigenvalue weighted by Crippen LogP contribution is -2.28. The number of nitrogens with one attached hydrogen (secondary N) is 3. The number of aromatic amines is 1. The molecule has 29 heavy (non-hydrogen) atoms. The summed E-state index contributed by atoms with van der Waals surface area (Å²) >= 11 is 0. The second-order valence-corrected chi connectivity index (χ2v) is 6.30.